The van der Waals surface area contributed by atoms with Gasteiger partial charge in [0.2, 0.25) is 0 Å². The molecule has 0 bridgehead atoms. The fourth-order valence-electron chi connectivity index (χ4n) is 1.11. The lowest BCUT2D eigenvalue weighted by molar-refractivity contribution is -0.136. The van der Waals surface area contributed by atoms with Gasteiger partial charge in [0, 0.05) is 17.3 Å². The molecule has 0 aliphatic rings. The van der Waals surface area contributed by atoms with Crippen LogP contribution in [0.1, 0.15) is 5.82 Å². The molecule has 2 aromatic rings. The Morgan fingerprint density at radius 2 is 2.43 bits per heavy atom. The first-order valence-corrected chi connectivity index (χ1v) is 4.25. The predicted molar refractivity (Wildman–Crippen MR) is 49.3 cm³/mol. The van der Waals surface area contributed by atoms with Crippen molar-refractivity contribution in [1.29, 1.82) is 0 Å². The van der Waals surface area contributed by atoms with Crippen molar-refractivity contribution in [2.75, 3.05) is 0 Å². The zero-order valence-electron chi connectivity index (χ0n) is 7.01. The molecule has 2 heterocycles. The van der Waals surface area contributed by atoms with Gasteiger partial charge in [-0.2, -0.15) is 5.10 Å². The number of pyridine rings is 1. The third kappa shape index (κ3) is 1.67. The van der Waals surface area contributed by atoms with Gasteiger partial charge in [0.25, 0.3) is 0 Å². The Bertz CT molecular complexity index is 494. The number of aliphatic carboxylic acids is 1. The zero-order valence-corrected chi connectivity index (χ0v) is 7.77. The minimum Gasteiger partial charge on any atom is -0.481 e. The van der Waals surface area contributed by atoms with Gasteiger partial charge in [0.1, 0.15) is 6.42 Å². The highest BCUT2D eigenvalue weighted by molar-refractivity contribution is 6.30. The predicted octanol–water partition coefficient (Wildman–Crippen LogP) is 1.01. The molecule has 0 unspecified atom stereocenters. The summed E-state index contributed by atoms with van der Waals surface area (Å²) in [6.07, 6.45) is 1.45. The van der Waals surface area contributed by atoms with Gasteiger partial charge in [-0.3, -0.25) is 4.79 Å². The molecule has 0 saturated carbocycles. The van der Waals surface area contributed by atoms with E-state index < -0.39 is 5.97 Å². The van der Waals surface area contributed by atoms with Crippen molar-refractivity contribution >= 4 is 23.2 Å². The van der Waals surface area contributed by atoms with Gasteiger partial charge in [-0.05, 0) is 6.07 Å². The number of carboxylic acid groups (broad SMARTS) is 1. The molecular weight excluding hydrogens is 206 g/mol. The lowest BCUT2D eigenvalue weighted by atomic mass is 10.4. The van der Waals surface area contributed by atoms with Gasteiger partial charge >= 0.3 is 5.97 Å². The largest absolute Gasteiger partial charge is 0.481 e. The maximum Gasteiger partial charge on any atom is 0.311 e. The van der Waals surface area contributed by atoms with E-state index in [-0.39, 0.29) is 12.2 Å². The smallest absolute Gasteiger partial charge is 0.311 e. The number of hydrogen-bond donors (Lipinski definition) is 1. The zero-order chi connectivity index (χ0) is 10.1. The summed E-state index contributed by atoms with van der Waals surface area (Å²) in [4.78, 5) is 14.4. The van der Waals surface area contributed by atoms with Crippen molar-refractivity contribution in [1.82, 2.24) is 14.6 Å². The first-order valence-electron chi connectivity index (χ1n) is 3.88. The van der Waals surface area contributed by atoms with Crippen molar-refractivity contribution in [3.8, 4) is 0 Å². The van der Waals surface area contributed by atoms with E-state index >= 15 is 0 Å². The third-order valence-corrected chi connectivity index (χ3v) is 1.89. The Labute approximate surface area is 83.9 Å². The molecule has 2 aromatic heterocycles. The topological polar surface area (TPSA) is 67.5 Å². The van der Waals surface area contributed by atoms with Crippen LogP contribution in [0.2, 0.25) is 5.02 Å². The second-order valence-electron chi connectivity index (χ2n) is 2.75. The standard InChI is InChI=1S/C8H6ClN3O2/c9-5-1-2-12-7(3-5)10-6(11-12)4-8(13)14/h1-3H,4H2,(H,13,14). The molecule has 0 radical (unpaired) electrons. The number of carbonyl (C=O) groups is 1. The Morgan fingerprint density at radius 1 is 1.64 bits per heavy atom. The van der Waals surface area contributed by atoms with E-state index in [1.807, 2.05) is 0 Å². The van der Waals surface area contributed by atoms with Gasteiger partial charge in [0.05, 0.1) is 0 Å². The lowest BCUT2D eigenvalue weighted by Gasteiger charge is -1.89. The number of carboxylic acids is 1. The number of halogens is 1. The molecule has 6 heteroatoms. The van der Waals surface area contributed by atoms with Crippen molar-refractivity contribution in [3.63, 3.8) is 0 Å². The molecule has 0 saturated heterocycles. The highest BCUT2D eigenvalue weighted by Crippen LogP contribution is 2.10. The van der Waals surface area contributed by atoms with Crippen LogP contribution in [0.3, 0.4) is 0 Å². The minimum absolute atomic E-state index is 0.181. The maximum atomic E-state index is 10.4. The highest BCUT2D eigenvalue weighted by atomic mass is 35.5. The Hall–Kier alpha value is -1.62. The Morgan fingerprint density at radius 3 is 3.14 bits per heavy atom. The second kappa shape index (κ2) is 3.26. The normalized spacial score (nSPS) is 10.6. The van der Waals surface area contributed by atoms with Gasteiger partial charge < -0.3 is 5.11 Å². The molecule has 0 amide bonds. The van der Waals surface area contributed by atoms with Crippen LogP contribution >= 0.6 is 11.6 Å². The van der Waals surface area contributed by atoms with Crippen LogP contribution in [0.5, 0.6) is 0 Å². The number of nitrogens with zero attached hydrogens (tertiary/aromatic N) is 3. The number of fused-ring (bicyclic) bond motifs is 1. The molecule has 5 nitrogen and oxygen atoms in total. The average Bonchev–Trinajstić information content (AvgIpc) is 2.44. The monoisotopic (exact) mass is 211 g/mol. The summed E-state index contributed by atoms with van der Waals surface area (Å²) < 4.78 is 1.49. The first-order chi connectivity index (χ1) is 6.65. The van der Waals surface area contributed by atoms with E-state index in [0.717, 1.165) is 0 Å². The van der Waals surface area contributed by atoms with Crippen molar-refractivity contribution in [2.24, 2.45) is 0 Å². The van der Waals surface area contributed by atoms with E-state index in [1.54, 1.807) is 18.3 Å². The molecule has 0 aliphatic carbocycles. The number of aromatic nitrogens is 3. The Kier molecular flexibility index (Phi) is 2.09. The van der Waals surface area contributed by atoms with Gasteiger partial charge in [-0.15, -0.1) is 0 Å². The molecular formula is C8H6ClN3O2. The molecule has 2 rings (SSSR count). The molecule has 0 aliphatic heterocycles. The number of rotatable bonds is 2. The highest BCUT2D eigenvalue weighted by Gasteiger charge is 2.07. The molecule has 72 valence electrons. The van der Waals surface area contributed by atoms with E-state index in [0.29, 0.717) is 10.7 Å². The fraction of sp³-hybridized carbons (Fsp3) is 0.125. The van der Waals surface area contributed by atoms with E-state index in [1.165, 1.54) is 4.52 Å². The van der Waals surface area contributed by atoms with E-state index in [9.17, 15) is 4.79 Å². The molecule has 0 spiro atoms. The first kappa shape index (κ1) is 8.96. The van der Waals surface area contributed by atoms with Gasteiger partial charge in [-0.25, -0.2) is 9.50 Å². The van der Waals surface area contributed by atoms with Crippen LogP contribution < -0.4 is 0 Å². The average molecular weight is 212 g/mol. The van der Waals surface area contributed by atoms with Crippen LogP contribution in [0, 0.1) is 0 Å². The van der Waals surface area contributed by atoms with Crippen molar-refractivity contribution in [2.45, 2.75) is 6.42 Å². The SMILES string of the molecule is O=C(O)Cc1nc2cc(Cl)ccn2n1. The number of hydrogen-bond acceptors (Lipinski definition) is 3. The quantitative estimate of drug-likeness (QED) is 0.805. The Balaban J connectivity index is 2.46. The van der Waals surface area contributed by atoms with Crippen LogP contribution in [0.15, 0.2) is 18.3 Å². The van der Waals surface area contributed by atoms with Crippen LogP contribution in [-0.4, -0.2) is 25.7 Å². The molecule has 0 fully saturated rings. The lowest BCUT2D eigenvalue weighted by Crippen LogP contribution is -2.01. The summed E-state index contributed by atoms with van der Waals surface area (Å²) in [5.41, 5.74) is 0.550. The van der Waals surface area contributed by atoms with Crippen molar-refractivity contribution in [3.05, 3.63) is 29.2 Å². The summed E-state index contributed by atoms with van der Waals surface area (Å²) >= 11 is 5.74. The molecule has 1 N–H and O–H groups in total. The van der Waals surface area contributed by atoms with Gasteiger partial charge in [-0.1, -0.05) is 11.6 Å². The van der Waals surface area contributed by atoms with Crippen LogP contribution in [-0.2, 0) is 11.2 Å². The van der Waals surface area contributed by atoms with Crippen LogP contribution in [0.4, 0.5) is 0 Å². The maximum absolute atomic E-state index is 10.4. The van der Waals surface area contributed by atoms with Gasteiger partial charge in [0.15, 0.2) is 11.5 Å². The van der Waals surface area contributed by atoms with Crippen LogP contribution in [0.25, 0.3) is 5.65 Å². The van der Waals surface area contributed by atoms with E-state index in [4.69, 9.17) is 16.7 Å². The van der Waals surface area contributed by atoms with Crippen molar-refractivity contribution < 1.29 is 9.90 Å². The summed E-state index contributed by atoms with van der Waals surface area (Å²) in [6, 6.07) is 3.29. The summed E-state index contributed by atoms with van der Waals surface area (Å²) in [6.45, 7) is 0. The fourth-order valence-corrected chi connectivity index (χ4v) is 1.27. The molecule has 0 atom stereocenters. The molecule has 14 heavy (non-hydrogen) atoms. The summed E-state index contributed by atoms with van der Waals surface area (Å²) in [5.74, 6) is -0.674. The third-order valence-electron chi connectivity index (χ3n) is 1.65. The summed E-state index contributed by atoms with van der Waals surface area (Å²) in [5, 5.41) is 13.0. The minimum atomic E-state index is -0.952. The summed E-state index contributed by atoms with van der Waals surface area (Å²) in [7, 11) is 0. The molecule has 0 aromatic carbocycles. The van der Waals surface area contributed by atoms with E-state index in [2.05, 4.69) is 10.1 Å². The second-order valence-corrected chi connectivity index (χ2v) is 3.18.